The van der Waals surface area contributed by atoms with Gasteiger partial charge < -0.3 is 5.73 Å². The first-order chi connectivity index (χ1) is 11.0. The number of rotatable bonds is 2. The van der Waals surface area contributed by atoms with E-state index >= 15 is 0 Å². The number of hydrogen-bond acceptors (Lipinski definition) is 1. The first-order valence-electron chi connectivity index (χ1n) is 8.02. The first-order valence-corrected chi connectivity index (χ1v) is 8.02. The first kappa shape index (κ1) is 15.4. The number of para-hydroxylation sites is 1. The second-order valence-electron chi connectivity index (χ2n) is 6.93. The molecule has 0 aromatic heterocycles. The topological polar surface area (TPSA) is 26.0 Å². The summed E-state index contributed by atoms with van der Waals surface area (Å²) >= 11 is 0. The van der Waals surface area contributed by atoms with Crippen LogP contribution in [0.1, 0.15) is 26.3 Å². The average Bonchev–Trinajstić information content (AvgIpc) is 2.55. The van der Waals surface area contributed by atoms with Crippen LogP contribution in [0.5, 0.6) is 0 Å². The molecule has 0 atom stereocenters. The zero-order valence-corrected chi connectivity index (χ0v) is 14.0. The van der Waals surface area contributed by atoms with Crippen molar-refractivity contribution in [1.29, 1.82) is 0 Å². The lowest BCUT2D eigenvalue weighted by Gasteiger charge is -2.24. The zero-order chi connectivity index (χ0) is 16.4. The van der Waals surface area contributed by atoms with Crippen LogP contribution < -0.4 is 5.73 Å². The van der Waals surface area contributed by atoms with Crippen LogP contribution in [0.15, 0.2) is 72.8 Å². The van der Waals surface area contributed by atoms with E-state index in [0.717, 1.165) is 11.3 Å². The predicted octanol–water partition coefficient (Wildman–Crippen LogP) is 5.90. The quantitative estimate of drug-likeness (QED) is 0.586. The molecule has 1 nitrogen and oxygen atoms in total. The number of nitrogens with two attached hydrogens (primary N) is 1. The fourth-order valence-corrected chi connectivity index (χ4v) is 3.07. The van der Waals surface area contributed by atoms with E-state index in [0.29, 0.717) is 0 Å². The number of hydrogen-bond donors (Lipinski definition) is 1. The van der Waals surface area contributed by atoms with Crippen LogP contribution in [-0.4, -0.2) is 0 Å². The molecule has 0 unspecified atom stereocenters. The molecule has 2 N–H and O–H groups in total. The van der Waals surface area contributed by atoms with Gasteiger partial charge in [0.2, 0.25) is 0 Å². The molecule has 0 saturated carbocycles. The summed E-state index contributed by atoms with van der Waals surface area (Å²) in [5, 5.41) is 0. The Labute approximate surface area is 138 Å². The number of anilines is 1. The standard InChI is InChI=1S/C22H23N/c1-22(2,3)20-14-8-6-12-18(20)16-10-4-5-11-17(16)19-13-7-9-15-21(19)23/h4-15H,23H2,1-3H3. The Morgan fingerprint density at radius 1 is 0.565 bits per heavy atom. The highest BCUT2D eigenvalue weighted by atomic mass is 14.6. The molecule has 23 heavy (non-hydrogen) atoms. The van der Waals surface area contributed by atoms with E-state index in [1.54, 1.807) is 0 Å². The summed E-state index contributed by atoms with van der Waals surface area (Å²) in [7, 11) is 0. The van der Waals surface area contributed by atoms with Crippen molar-refractivity contribution < 1.29 is 0 Å². The lowest BCUT2D eigenvalue weighted by Crippen LogP contribution is -2.12. The molecule has 0 aliphatic carbocycles. The van der Waals surface area contributed by atoms with Gasteiger partial charge in [0.05, 0.1) is 0 Å². The summed E-state index contributed by atoms with van der Waals surface area (Å²) < 4.78 is 0. The molecule has 1 heteroatoms. The smallest absolute Gasteiger partial charge is 0.0393 e. The molecule has 0 aliphatic heterocycles. The normalized spacial score (nSPS) is 11.4. The van der Waals surface area contributed by atoms with Gasteiger partial charge in [-0.15, -0.1) is 0 Å². The van der Waals surface area contributed by atoms with E-state index in [2.05, 4.69) is 75.4 Å². The van der Waals surface area contributed by atoms with E-state index in [1.807, 2.05) is 18.2 Å². The fraction of sp³-hybridized carbons (Fsp3) is 0.182. The summed E-state index contributed by atoms with van der Waals surface area (Å²) in [6.07, 6.45) is 0. The van der Waals surface area contributed by atoms with Crippen LogP contribution in [0, 0.1) is 0 Å². The molecular weight excluding hydrogens is 278 g/mol. The van der Waals surface area contributed by atoms with Crippen LogP contribution in [0.4, 0.5) is 5.69 Å². The molecule has 0 bridgehead atoms. The summed E-state index contributed by atoms with van der Waals surface area (Å²) in [6.45, 7) is 6.77. The second kappa shape index (κ2) is 5.92. The van der Waals surface area contributed by atoms with Crippen molar-refractivity contribution in [3.05, 3.63) is 78.4 Å². The Balaban J connectivity index is 2.27. The Hall–Kier alpha value is -2.54. The lowest BCUT2D eigenvalue weighted by molar-refractivity contribution is 0.592. The molecule has 0 heterocycles. The molecule has 3 rings (SSSR count). The second-order valence-corrected chi connectivity index (χ2v) is 6.93. The van der Waals surface area contributed by atoms with E-state index < -0.39 is 0 Å². The van der Waals surface area contributed by atoms with Crippen molar-refractivity contribution in [2.24, 2.45) is 0 Å². The molecular formula is C22H23N. The van der Waals surface area contributed by atoms with Crippen molar-refractivity contribution in [1.82, 2.24) is 0 Å². The summed E-state index contributed by atoms with van der Waals surface area (Å²) in [5.41, 5.74) is 13.3. The van der Waals surface area contributed by atoms with Gasteiger partial charge in [0.25, 0.3) is 0 Å². The SMILES string of the molecule is CC(C)(C)c1ccccc1-c1ccccc1-c1ccccc1N. The van der Waals surface area contributed by atoms with Gasteiger partial charge in [-0.2, -0.15) is 0 Å². The minimum absolute atomic E-state index is 0.0892. The summed E-state index contributed by atoms with van der Waals surface area (Å²) in [4.78, 5) is 0. The third-order valence-electron chi connectivity index (χ3n) is 4.20. The van der Waals surface area contributed by atoms with E-state index in [1.165, 1.54) is 22.3 Å². The molecule has 0 fully saturated rings. The maximum Gasteiger partial charge on any atom is 0.0393 e. The summed E-state index contributed by atoms with van der Waals surface area (Å²) in [6, 6.07) is 25.2. The molecule has 0 spiro atoms. The third kappa shape index (κ3) is 3.00. The van der Waals surface area contributed by atoms with Gasteiger partial charge in [-0.3, -0.25) is 0 Å². The largest absolute Gasteiger partial charge is 0.398 e. The predicted molar refractivity (Wildman–Crippen MR) is 100 cm³/mol. The van der Waals surface area contributed by atoms with Crippen LogP contribution in [0.3, 0.4) is 0 Å². The van der Waals surface area contributed by atoms with Gasteiger partial charge >= 0.3 is 0 Å². The minimum Gasteiger partial charge on any atom is -0.398 e. The van der Waals surface area contributed by atoms with Crippen molar-refractivity contribution >= 4 is 5.69 Å². The van der Waals surface area contributed by atoms with Gasteiger partial charge in [0.1, 0.15) is 0 Å². The fourth-order valence-electron chi connectivity index (χ4n) is 3.07. The number of nitrogen functional groups attached to an aromatic ring is 1. The monoisotopic (exact) mass is 301 g/mol. The van der Waals surface area contributed by atoms with E-state index in [9.17, 15) is 0 Å². The molecule has 3 aromatic carbocycles. The lowest BCUT2D eigenvalue weighted by atomic mass is 9.80. The van der Waals surface area contributed by atoms with Crippen molar-refractivity contribution in [3.63, 3.8) is 0 Å². The Kier molecular flexibility index (Phi) is 3.96. The molecule has 116 valence electrons. The minimum atomic E-state index is 0.0892. The van der Waals surface area contributed by atoms with E-state index in [4.69, 9.17) is 5.73 Å². The Morgan fingerprint density at radius 3 is 1.57 bits per heavy atom. The molecule has 0 aliphatic rings. The highest BCUT2D eigenvalue weighted by molar-refractivity contribution is 5.89. The van der Waals surface area contributed by atoms with Crippen LogP contribution >= 0.6 is 0 Å². The molecule has 0 amide bonds. The zero-order valence-electron chi connectivity index (χ0n) is 14.0. The highest BCUT2D eigenvalue weighted by Crippen LogP contribution is 2.39. The maximum absolute atomic E-state index is 6.22. The average molecular weight is 301 g/mol. The van der Waals surface area contributed by atoms with Gasteiger partial charge in [-0.05, 0) is 33.7 Å². The Morgan fingerprint density at radius 2 is 1.00 bits per heavy atom. The highest BCUT2D eigenvalue weighted by Gasteiger charge is 2.20. The molecule has 0 radical (unpaired) electrons. The maximum atomic E-state index is 6.22. The third-order valence-corrected chi connectivity index (χ3v) is 4.20. The van der Waals surface area contributed by atoms with Crippen LogP contribution in [0.2, 0.25) is 0 Å². The van der Waals surface area contributed by atoms with Gasteiger partial charge in [-0.25, -0.2) is 0 Å². The number of benzene rings is 3. The molecule has 3 aromatic rings. The van der Waals surface area contributed by atoms with Gasteiger partial charge in [0.15, 0.2) is 0 Å². The van der Waals surface area contributed by atoms with Gasteiger partial charge in [-0.1, -0.05) is 87.5 Å². The van der Waals surface area contributed by atoms with Crippen molar-refractivity contribution in [3.8, 4) is 22.3 Å². The van der Waals surface area contributed by atoms with Gasteiger partial charge in [0, 0.05) is 11.3 Å². The van der Waals surface area contributed by atoms with Crippen LogP contribution in [-0.2, 0) is 5.41 Å². The summed E-state index contributed by atoms with van der Waals surface area (Å²) in [5.74, 6) is 0. The van der Waals surface area contributed by atoms with E-state index in [-0.39, 0.29) is 5.41 Å². The Bertz CT molecular complexity index is 825. The van der Waals surface area contributed by atoms with Crippen molar-refractivity contribution in [2.75, 3.05) is 5.73 Å². The van der Waals surface area contributed by atoms with Crippen molar-refractivity contribution in [2.45, 2.75) is 26.2 Å². The molecule has 0 saturated heterocycles. The van der Waals surface area contributed by atoms with Crippen LogP contribution in [0.25, 0.3) is 22.3 Å².